The van der Waals surface area contributed by atoms with Gasteiger partial charge in [-0.1, -0.05) is 29.8 Å². The zero-order valence-electron chi connectivity index (χ0n) is 17.1. The van der Waals surface area contributed by atoms with Gasteiger partial charge in [0.25, 0.3) is 5.91 Å². The summed E-state index contributed by atoms with van der Waals surface area (Å²) in [5.74, 6) is 1.47. The molecule has 1 N–H and O–H groups in total. The quantitative estimate of drug-likeness (QED) is 0.844. The summed E-state index contributed by atoms with van der Waals surface area (Å²) in [5.41, 5.74) is 4.05. The molecular weight excluding hydrogens is 338 g/mol. The molecule has 1 aliphatic heterocycles. The predicted octanol–water partition coefficient (Wildman–Crippen LogP) is 4.80. The topological polar surface area (TPSA) is 47.6 Å². The minimum Gasteiger partial charge on any atom is -0.487 e. The van der Waals surface area contributed by atoms with Crippen LogP contribution in [0.4, 0.5) is 0 Å². The summed E-state index contributed by atoms with van der Waals surface area (Å²) in [5, 5.41) is 3.17. The van der Waals surface area contributed by atoms with Crippen LogP contribution in [0.5, 0.6) is 11.5 Å². The maximum Gasteiger partial charge on any atom is 0.261 e. The molecule has 0 radical (unpaired) electrons. The summed E-state index contributed by atoms with van der Waals surface area (Å²) in [4.78, 5) is 12.8. The first-order chi connectivity index (χ1) is 12.7. The molecule has 0 spiro atoms. The second-order valence-corrected chi connectivity index (χ2v) is 8.13. The summed E-state index contributed by atoms with van der Waals surface area (Å²) in [6.45, 7) is 12.0. The molecule has 0 aliphatic carbocycles. The number of amides is 1. The van der Waals surface area contributed by atoms with Gasteiger partial charge in [0, 0.05) is 12.0 Å². The van der Waals surface area contributed by atoms with Crippen LogP contribution in [-0.2, 0) is 4.79 Å². The Morgan fingerprint density at radius 3 is 2.70 bits per heavy atom. The van der Waals surface area contributed by atoms with E-state index >= 15 is 0 Å². The van der Waals surface area contributed by atoms with Crippen molar-refractivity contribution < 1.29 is 14.3 Å². The van der Waals surface area contributed by atoms with Crippen molar-refractivity contribution in [1.29, 1.82) is 0 Å². The Hall–Kier alpha value is -2.49. The molecule has 2 atom stereocenters. The van der Waals surface area contributed by atoms with Gasteiger partial charge in [0.2, 0.25) is 0 Å². The molecule has 4 heteroatoms. The van der Waals surface area contributed by atoms with Crippen molar-refractivity contribution in [2.24, 2.45) is 0 Å². The predicted molar refractivity (Wildman–Crippen MR) is 107 cm³/mol. The molecule has 0 aromatic heterocycles. The highest BCUT2D eigenvalue weighted by Gasteiger charge is 2.35. The molecule has 0 saturated carbocycles. The van der Waals surface area contributed by atoms with Gasteiger partial charge in [-0.05, 0) is 64.8 Å². The largest absolute Gasteiger partial charge is 0.487 e. The summed E-state index contributed by atoms with van der Waals surface area (Å²) in [6, 6.07) is 11.9. The van der Waals surface area contributed by atoms with Crippen molar-refractivity contribution in [2.45, 2.75) is 65.7 Å². The Labute approximate surface area is 161 Å². The van der Waals surface area contributed by atoms with Crippen LogP contribution in [-0.4, -0.2) is 17.6 Å². The first-order valence-corrected chi connectivity index (χ1v) is 9.49. The third-order valence-electron chi connectivity index (χ3n) is 5.17. The van der Waals surface area contributed by atoms with Gasteiger partial charge in [-0.2, -0.15) is 0 Å². The number of carbonyl (C=O) groups excluding carboxylic acids is 1. The number of carbonyl (C=O) groups is 1. The van der Waals surface area contributed by atoms with Crippen molar-refractivity contribution in [3.05, 3.63) is 58.7 Å². The Kier molecular flexibility index (Phi) is 5.18. The Morgan fingerprint density at radius 2 is 1.96 bits per heavy atom. The smallest absolute Gasteiger partial charge is 0.261 e. The molecule has 2 aromatic carbocycles. The van der Waals surface area contributed by atoms with Crippen LogP contribution >= 0.6 is 0 Å². The minimum absolute atomic E-state index is 0.0965. The number of hydrogen-bond donors (Lipinski definition) is 1. The Morgan fingerprint density at radius 1 is 1.22 bits per heavy atom. The van der Waals surface area contributed by atoms with Gasteiger partial charge in [0.1, 0.15) is 17.1 Å². The van der Waals surface area contributed by atoms with Gasteiger partial charge in [0.15, 0.2) is 6.10 Å². The van der Waals surface area contributed by atoms with Crippen LogP contribution < -0.4 is 14.8 Å². The zero-order valence-corrected chi connectivity index (χ0v) is 17.1. The molecule has 1 aliphatic rings. The van der Waals surface area contributed by atoms with Crippen molar-refractivity contribution >= 4 is 5.91 Å². The molecule has 27 heavy (non-hydrogen) atoms. The number of hydrogen-bond acceptors (Lipinski definition) is 3. The standard InChI is InChI=1S/C23H29NO3/c1-14-10-11-21-18(12-14)19(13-23(5,6)27-21)24-22(25)17(4)26-20-9-7-8-15(2)16(20)3/h7-12,17,19H,13H2,1-6H3,(H,24,25). The molecule has 2 unspecified atom stereocenters. The van der Waals surface area contributed by atoms with E-state index in [-0.39, 0.29) is 17.6 Å². The number of rotatable bonds is 4. The average Bonchev–Trinajstić information content (AvgIpc) is 2.59. The SMILES string of the molecule is Cc1ccc2c(c1)C(NC(=O)C(C)Oc1cccc(C)c1C)CC(C)(C)O2. The van der Waals surface area contributed by atoms with E-state index in [1.807, 2.05) is 65.0 Å². The van der Waals surface area contributed by atoms with Gasteiger partial charge in [0.05, 0.1) is 6.04 Å². The monoisotopic (exact) mass is 367 g/mol. The van der Waals surface area contributed by atoms with Gasteiger partial charge < -0.3 is 14.8 Å². The number of benzene rings is 2. The molecule has 1 heterocycles. The van der Waals surface area contributed by atoms with Crippen LogP contribution in [0.3, 0.4) is 0 Å². The van der Waals surface area contributed by atoms with Gasteiger partial charge in [-0.3, -0.25) is 4.79 Å². The number of nitrogens with one attached hydrogen (secondary N) is 1. The van der Waals surface area contributed by atoms with Gasteiger partial charge >= 0.3 is 0 Å². The van der Waals surface area contributed by atoms with E-state index in [1.165, 1.54) is 0 Å². The average molecular weight is 367 g/mol. The van der Waals surface area contributed by atoms with Crippen molar-refractivity contribution in [3.8, 4) is 11.5 Å². The fourth-order valence-electron chi connectivity index (χ4n) is 3.49. The van der Waals surface area contributed by atoms with E-state index in [2.05, 4.69) is 11.4 Å². The minimum atomic E-state index is -0.579. The van der Waals surface area contributed by atoms with Crippen molar-refractivity contribution in [2.75, 3.05) is 0 Å². The third-order valence-corrected chi connectivity index (χ3v) is 5.17. The van der Waals surface area contributed by atoms with E-state index in [9.17, 15) is 4.79 Å². The zero-order chi connectivity index (χ0) is 19.8. The molecule has 1 amide bonds. The van der Waals surface area contributed by atoms with Crippen LogP contribution in [0.15, 0.2) is 36.4 Å². The Bertz CT molecular complexity index is 857. The van der Waals surface area contributed by atoms with E-state index in [0.717, 1.165) is 33.8 Å². The van der Waals surface area contributed by atoms with E-state index < -0.39 is 6.10 Å². The molecular formula is C23H29NO3. The summed E-state index contributed by atoms with van der Waals surface area (Å²) in [7, 11) is 0. The van der Waals surface area contributed by atoms with Crippen molar-refractivity contribution in [1.82, 2.24) is 5.32 Å². The third kappa shape index (κ3) is 4.26. The number of aryl methyl sites for hydroxylation is 2. The highest BCUT2D eigenvalue weighted by atomic mass is 16.5. The second kappa shape index (κ2) is 7.26. The van der Waals surface area contributed by atoms with Crippen molar-refractivity contribution in [3.63, 3.8) is 0 Å². The maximum absolute atomic E-state index is 12.8. The van der Waals surface area contributed by atoms with E-state index in [4.69, 9.17) is 9.47 Å². The van der Waals surface area contributed by atoms with E-state index in [1.54, 1.807) is 6.92 Å². The molecule has 4 nitrogen and oxygen atoms in total. The van der Waals surface area contributed by atoms with Crippen LogP contribution in [0.1, 0.15) is 55.5 Å². The summed E-state index contributed by atoms with van der Waals surface area (Å²) in [6.07, 6.45) is 0.135. The molecule has 0 fully saturated rings. The first kappa shape index (κ1) is 19.3. The summed E-state index contributed by atoms with van der Waals surface area (Å²) < 4.78 is 12.0. The number of ether oxygens (including phenoxy) is 2. The molecule has 3 rings (SSSR count). The van der Waals surface area contributed by atoms with Crippen LogP contribution in [0, 0.1) is 20.8 Å². The van der Waals surface area contributed by atoms with Gasteiger partial charge in [-0.25, -0.2) is 0 Å². The lowest BCUT2D eigenvalue weighted by Crippen LogP contribution is -2.44. The van der Waals surface area contributed by atoms with E-state index in [0.29, 0.717) is 6.42 Å². The number of fused-ring (bicyclic) bond motifs is 1. The molecule has 2 aromatic rings. The fraction of sp³-hybridized carbons (Fsp3) is 0.435. The summed E-state index contributed by atoms with van der Waals surface area (Å²) >= 11 is 0. The fourth-order valence-corrected chi connectivity index (χ4v) is 3.49. The maximum atomic E-state index is 12.8. The highest BCUT2D eigenvalue weighted by molar-refractivity contribution is 5.81. The molecule has 0 saturated heterocycles. The normalized spacial score (nSPS) is 18.8. The lowest BCUT2D eigenvalue weighted by atomic mass is 9.89. The Balaban J connectivity index is 1.77. The lowest BCUT2D eigenvalue weighted by molar-refractivity contribution is -0.128. The van der Waals surface area contributed by atoms with Gasteiger partial charge in [-0.15, -0.1) is 0 Å². The molecule has 0 bridgehead atoms. The second-order valence-electron chi connectivity index (χ2n) is 8.13. The highest BCUT2D eigenvalue weighted by Crippen LogP contribution is 2.40. The molecule has 144 valence electrons. The first-order valence-electron chi connectivity index (χ1n) is 9.49. The van der Waals surface area contributed by atoms with Crippen LogP contribution in [0.25, 0.3) is 0 Å². The lowest BCUT2D eigenvalue weighted by Gasteiger charge is -2.38. The van der Waals surface area contributed by atoms with Crippen LogP contribution in [0.2, 0.25) is 0 Å².